The van der Waals surface area contributed by atoms with Crippen molar-refractivity contribution in [3.63, 3.8) is 0 Å². The Morgan fingerprint density at radius 3 is 2.83 bits per heavy atom. The summed E-state index contributed by atoms with van der Waals surface area (Å²) in [7, 11) is 0. The van der Waals surface area contributed by atoms with Gasteiger partial charge in [-0.15, -0.1) is 0 Å². The molecule has 1 heterocycles. The number of amides is 2. The molecule has 4 heteroatoms. The maximum atomic E-state index is 11.9. The number of amidine groups is 1. The lowest BCUT2D eigenvalue weighted by molar-refractivity contribution is 0.166. The van der Waals surface area contributed by atoms with Gasteiger partial charge in [0.05, 0.1) is 0 Å². The molecule has 1 aliphatic carbocycles. The van der Waals surface area contributed by atoms with Gasteiger partial charge < -0.3 is 4.90 Å². The van der Waals surface area contributed by atoms with E-state index in [1.54, 1.807) is 0 Å². The zero-order chi connectivity index (χ0) is 13.2. The van der Waals surface area contributed by atoms with Crippen LogP contribution >= 0.6 is 0 Å². The first-order valence-corrected chi connectivity index (χ1v) is 7.31. The minimum Gasteiger partial charge on any atom is -0.312 e. The van der Waals surface area contributed by atoms with E-state index >= 15 is 0 Å². The summed E-state index contributed by atoms with van der Waals surface area (Å²) >= 11 is 0. The van der Waals surface area contributed by atoms with Crippen LogP contribution in [0.25, 0.3) is 0 Å². The van der Waals surface area contributed by atoms with Crippen LogP contribution in [0.5, 0.6) is 0 Å². The van der Waals surface area contributed by atoms with Crippen LogP contribution in [0, 0.1) is 11.3 Å². The molecule has 2 rings (SSSR count). The summed E-state index contributed by atoms with van der Waals surface area (Å²) in [6.45, 7) is 4.95. The number of likely N-dealkylation sites (N-methyl/N-ethyl adjacent to an activating group) is 1. The van der Waals surface area contributed by atoms with Crippen molar-refractivity contribution in [2.75, 3.05) is 6.54 Å². The zero-order valence-electron chi connectivity index (χ0n) is 11.6. The molecular formula is C14H25N3O. The maximum Gasteiger partial charge on any atom is 0.323 e. The van der Waals surface area contributed by atoms with E-state index in [1.807, 2.05) is 11.8 Å². The number of rotatable bonds is 3. The monoisotopic (exact) mass is 251 g/mol. The van der Waals surface area contributed by atoms with Crippen LogP contribution in [-0.2, 0) is 0 Å². The highest BCUT2D eigenvalue weighted by molar-refractivity contribution is 6.08. The number of urea groups is 1. The standard InChI is InChI=1S/C14H25N3O/c1-3-6-11-7-5-9-14(10-8-11)12(15)16-13(18)17(14)4-2/h11H,3-10H2,1-2H3,(H2,15,16,18). The van der Waals surface area contributed by atoms with E-state index in [0.29, 0.717) is 12.4 Å². The number of nitrogens with zero attached hydrogens (tertiary/aromatic N) is 1. The molecule has 1 aliphatic heterocycles. The predicted octanol–water partition coefficient (Wildman–Crippen LogP) is 3.13. The minimum atomic E-state index is -0.311. The summed E-state index contributed by atoms with van der Waals surface area (Å²) in [5.74, 6) is 1.23. The fourth-order valence-corrected chi connectivity index (χ4v) is 3.68. The van der Waals surface area contributed by atoms with Crippen molar-refractivity contribution >= 4 is 11.9 Å². The number of carbonyl (C=O) groups excluding carboxylic acids is 1. The quantitative estimate of drug-likeness (QED) is 0.795. The molecule has 0 bridgehead atoms. The molecule has 4 nitrogen and oxygen atoms in total. The van der Waals surface area contributed by atoms with Crippen molar-refractivity contribution in [1.82, 2.24) is 10.2 Å². The van der Waals surface area contributed by atoms with Crippen molar-refractivity contribution < 1.29 is 4.79 Å². The van der Waals surface area contributed by atoms with Crippen molar-refractivity contribution in [3.8, 4) is 0 Å². The Kier molecular flexibility index (Phi) is 3.93. The highest BCUT2D eigenvalue weighted by Crippen LogP contribution is 2.38. The second kappa shape index (κ2) is 5.29. The van der Waals surface area contributed by atoms with E-state index in [0.717, 1.165) is 31.6 Å². The summed E-state index contributed by atoms with van der Waals surface area (Å²) in [6, 6.07) is -0.0727. The van der Waals surface area contributed by atoms with Gasteiger partial charge in [-0.3, -0.25) is 10.7 Å². The smallest absolute Gasteiger partial charge is 0.312 e. The molecule has 2 fully saturated rings. The van der Waals surface area contributed by atoms with Gasteiger partial charge in [0.15, 0.2) is 0 Å². The van der Waals surface area contributed by atoms with Gasteiger partial charge in [0.25, 0.3) is 0 Å². The predicted molar refractivity (Wildman–Crippen MR) is 72.9 cm³/mol. The van der Waals surface area contributed by atoms with Crippen LogP contribution in [0.1, 0.15) is 58.8 Å². The summed E-state index contributed by atoms with van der Waals surface area (Å²) in [4.78, 5) is 13.8. The lowest BCUT2D eigenvalue weighted by atomic mass is 9.87. The lowest BCUT2D eigenvalue weighted by Crippen LogP contribution is -2.49. The highest BCUT2D eigenvalue weighted by atomic mass is 16.2. The first kappa shape index (κ1) is 13.4. The van der Waals surface area contributed by atoms with Crippen LogP contribution in [0.3, 0.4) is 0 Å². The molecule has 2 unspecified atom stereocenters. The Hall–Kier alpha value is -1.06. The van der Waals surface area contributed by atoms with E-state index < -0.39 is 0 Å². The van der Waals surface area contributed by atoms with Crippen molar-refractivity contribution in [3.05, 3.63) is 0 Å². The van der Waals surface area contributed by atoms with Gasteiger partial charge in [-0.2, -0.15) is 0 Å². The van der Waals surface area contributed by atoms with Crippen molar-refractivity contribution in [2.45, 2.75) is 64.3 Å². The maximum absolute atomic E-state index is 11.9. The fraction of sp³-hybridized carbons (Fsp3) is 0.857. The van der Waals surface area contributed by atoms with Gasteiger partial charge in [0.1, 0.15) is 11.4 Å². The molecule has 1 saturated heterocycles. The van der Waals surface area contributed by atoms with Gasteiger partial charge >= 0.3 is 6.03 Å². The third kappa shape index (κ3) is 2.13. The van der Waals surface area contributed by atoms with Gasteiger partial charge in [0, 0.05) is 6.54 Å². The number of carbonyl (C=O) groups is 1. The van der Waals surface area contributed by atoms with Gasteiger partial charge in [-0.1, -0.05) is 32.6 Å². The molecule has 2 aliphatic rings. The van der Waals surface area contributed by atoms with E-state index in [4.69, 9.17) is 5.41 Å². The van der Waals surface area contributed by atoms with Crippen LogP contribution in [-0.4, -0.2) is 28.9 Å². The zero-order valence-corrected chi connectivity index (χ0v) is 11.6. The molecule has 1 spiro atoms. The highest BCUT2D eigenvalue weighted by Gasteiger charge is 2.49. The molecule has 2 amide bonds. The Balaban J connectivity index is 2.15. The molecule has 18 heavy (non-hydrogen) atoms. The van der Waals surface area contributed by atoms with Crippen LogP contribution in [0.4, 0.5) is 4.79 Å². The number of nitrogens with one attached hydrogen (secondary N) is 2. The first-order valence-electron chi connectivity index (χ1n) is 7.31. The van der Waals surface area contributed by atoms with E-state index in [2.05, 4.69) is 12.2 Å². The van der Waals surface area contributed by atoms with Crippen LogP contribution in [0.15, 0.2) is 0 Å². The van der Waals surface area contributed by atoms with E-state index in [9.17, 15) is 4.79 Å². The normalized spacial score (nSPS) is 32.8. The summed E-state index contributed by atoms with van der Waals surface area (Å²) < 4.78 is 0. The molecule has 0 aromatic rings. The summed E-state index contributed by atoms with van der Waals surface area (Å²) in [6.07, 6.45) is 8.00. The summed E-state index contributed by atoms with van der Waals surface area (Å²) in [5.41, 5.74) is -0.311. The third-order valence-electron chi connectivity index (χ3n) is 4.64. The largest absolute Gasteiger partial charge is 0.323 e. The minimum absolute atomic E-state index is 0.0727. The topological polar surface area (TPSA) is 56.2 Å². The molecular weight excluding hydrogens is 226 g/mol. The van der Waals surface area contributed by atoms with E-state index in [-0.39, 0.29) is 11.6 Å². The molecule has 2 atom stereocenters. The summed E-state index contributed by atoms with van der Waals surface area (Å²) in [5, 5.41) is 10.9. The fourth-order valence-electron chi connectivity index (χ4n) is 3.68. The number of hydrogen-bond donors (Lipinski definition) is 2. The van der Waals surface area contributed by atoms with Crippen LogP contribution in [0.2, 0.25) is 0 Å². The van der Waals surface area contributed by atoms with Gasteiger partial charge in [-0.05, 0) is 32.1 Å². The number of hydrogen-bond acceptors (Lipinski definition) is 2. The van der Waals surface area contributed by atoms with E-state index in [1.165, 1.54) is 19.3 Å². The Morgan fingerprint density at radius 1 is 1.39 bits per heavy atom. The van der Waals surface area contributed by atoms with Crippen molar-refractivity contribution in [2.24, 2.45) is 5.92 Å². The average molecular weight is 251 g/mol. The second-order valence-corrected chi connectivity index (χ2v) is 5.67. The first-order chi connectivity index (χ1) is 8.64. The molecule has 1 saturated carbocycles. The third-order valence-corrected chi connectivity index (χ3v) is 4.64. The Labute approximate surface area is 110 Å². The molecule has 102 valence electrons. The SMILES string of the molecule is CCCC1CCCC2(CC1)C(=N)NC(=O)N2CC. The Bertz CT molecular complexity index is 342. The van der Waals surface area contributed by atoms with Gasteiger partial charge in [-0.25, -0.2) is 4.79 Å². The average Bonchev–Trinajstić information content (AvgIpc) is 2.50. The van der Waals surface area contributed by atoms with Crippen LogP contribution < -0.4 is 5.32 Å². The molecule has 0 radical (unpaired) electrons. The van der Waals surface area contributed by atoms with Gasteiger partial charge in [0.2, 0.25) is 0 Å². The van der Waals surface area contributed by atoms with Crippen molar-refractivity contribution in [1.29, 1.82) is 5.41 Å². The second-order valence-electron chi connectivity index (χ2n) is 5.67. The molecule has 2 N–H and O–H groups in total. The molecule has 0 aromatic carbocycles. The Morgan fingerprint density at radius 2 is 2.17 bits per heavy atom. The lowest BCUT2D eigenvalue weighted by Gasteiger charge is -2.35. The molecule has 0 aromatic heterocycles.